The highest BCUT2D eigenvalue weighted by Gasteiger charge is 2.10. The Kier molecular flexibility index (Phi) is 3.11. The fraction of sp³-hybridized carbons (Fsp3) is 0.176. The van der Waals surface area contributed by atoms with Gasteiger partial charge in [-0.05, 0) is 60.5 Å². The van der Waals surface area contributed by atoms with Crippen LogP contribution in [0.3, 0.4) is 0 Å². The summed E-state index contributed by atoms with van der Waals surface area (Å²) in [5.74, 6) is 1.74. The lowest BCUT2D eigenvalue weighted by Crippen LogP contribution is -1.84. The summed E-state index contributed by atoms with van der Waals surface area (Å²) in [7, 11) is 3.36. The number of aryl methyl sites for hydroxylation is 1. The largest absolute Gasteiger partial charge is 0.497 e. The molecule has 1 aromatic heterocycles. The molecule has 3 nitrogen and oxygen atoms in total. The van der Waals surface area contributed by atoms with Crippen molar-refractivity contribution in [2.75, 3.05) is 14.2 Å². The van der Waals surface area contributed by atoms with Crippen molar-refractivity contribution < 1.29 is 9.47 Å². The van der Waals surface area contributed by atoms with E-state index in [1.165, 1.54) is 10.9 Å². The standard InChI is InChI=1S/C17H17NO2/c1-11-15-10-14(20-3)8-9-16(15)18-17(11)12-4-6-13(19-2)7-5-12/h4-10,18H,1-3H3. The van der Waals surface area contributed by atoms with Crippen LogP contribution in [0.15, 0.2) is 42.5 Å². The highest BCUT2D eigenvalue weighted by Crippen LogP contribution is 2.32. The van der Waals surface area contributed by atoms with Crippen molar-refractivity contribution in [1.82, 2.24) is 4.98 Å². The Bertz CT molecular complexity index is 742. The second kappa shape index (κ2) is 4.93. The number of aromatic amines is 1. The number of benzene rings is 2. The smallest absolute Gasteiger partial charge is 0.119 e. The Morgan fingerprint density at radius 1 is 0.850 bits per heavy atom. The number of aromatic nitrogens is 1. The normalized spacial score (nSPS) is 10.8. The van der Waals surface area contributed by atoms with Crippen LogP contribution >= 0.6 is 0 Å². The molecular weight excluding hydrogens is 250 g/mol. The summed E-state index contributed by atoms with van der Waals surface area (Å²) in [5.41, 5.74) is 4.63. The maximum Gasteiger partial charge on any atom is 0.119 e. The average Bonchev–Trinajstić information content (AvgIpc) is 2.84. The van der Waals surface area contributed by atoms with E-state index in [0.29, 0.717) is 0 Å². The van der Waals surface area contributed by atoms with Gasteiger partial charge in [0.2, 0.25) is 0 Å². The Hall–Kier alpha value is -2.42. The third-order valence-corrected chi connectivity index (χ3v) is 3.64. The monoisotopic (exact) mass is 267 g/mol. The van der Waals surface area contributed by atoms with E-state index in [4.69, 9.17) is 9.47 Å². The highest BCUT2D eigenvalue weighted by molar-refractivity contribution is 5.91. The van der Waals surface area contributed by atoms with E-state index in [2.05, 4.69) is 30.1 Å². The Morgan fingerprint density at radius 3 is 2.15 bits per heavy atom. The van der Waals surface area contributed by atoms with E-state index < -0.39 is 0 Å². The van der Waals surface area contributed by atoms with E-state index in [1.54, 1.807) is 14.2 Å². The van der Waals surface area contributed by atoms with E-state index in [0.717, 1.165) is 28.3 Å². The number of hydrogen-bond acceptors (Lipinski definition) is 2. The molecule has 3 aromatic rings. The third-order valence-electron chi connectivity index (χ3n) is 3.64. The Morgan fingerprint density at radius 2 is 1.50 bits per heavy atom. The number of ether oxygens (including phenoxy) is 2. The summed E-state index contributed by atoms with van der Waals surface area (Å²) in [5, 5.41) is 1.19. The zero-order valence-electron chi connectivity index (χ0n) is 11.9. The molecule has 0 amide bonds. The molecule has 1 N–H and O–H groups in total. The maximum atomic E-state index is 5.29. The van der Waals surface area contributed by atoms with Crippen molar-refractivity contribution in [3.05, 3.63) is 48.0 Å². The third kappa shape index (κ3) is 2.01. The van der Waals surface area contributed by atoms with Gasteiger partial charge in [-0.1, -0.05) is 0 Å². The molecule has 0 bridgehead atoms. The van der Waals surface area contributed by atoms with Crippen molar-refractivity contribution in [2.24, 2.45) is 0 Å². The number of methoxy groups -OCH3 is 2. The van der Waals surface area contributed by atoms with Gasteiger partial charge in [-0.2, -0.15) is 0 Å². The van der Waals surface area contributed by atoms with Crippen molar-refractivity contribution in [1.29, 1.82) is 0 Å². The summed E-state index contributed by atoms with van der Waals surface area (Å²) >= 11 is 0. The van der Waals surface area contributed by atoms with Crippen LogP contribution in [0.5, 0.6) is 11.5 Å². The van der Waals surface area contributed by atoms with Crippen LogP contribution < -0.4 is 9.47 Å². The first kappa shape index (κ1) is 12.6. The van der Waals surface area contributed by atoms with Crippen molar-refractivity contribution >= 4 is 10.9 Å². The SMILES string of the molecule is COc1ccc(-c2[nH]c3ccc(OC)cc3c2C)cc1. The minimum Gasteiger partial charge on any atom is -0.497 e. The van der Waals surface area contributed by atoms with Crippen molar-refractivity contribution in [2.45, 2.75) is 6.92 Å². The minimum absolute atomic E-state index is 0.865. The summed E-state index contributed by atoms with van der Waals surface area (Å²) in [6, 6.07) is 14.2. The van der Waals surface area contributed by atoms with Crippen LogP contribution in [0.25, 0.3) is 22.2 Å². The van der Waals surface area contributed by atoms with Crippen molar-refractivity contribution in [3.63, 3.8) is 0 Å². The maximum absolute atomic E-state index is 5.29. The van der Waals surface area contributed by atoms with Gasteiger partial charge in [0.15, 0.2) is 0 Å². The molecule has 0 aliphatic heterocycles. The number of nitrogens with one attached hydrogen (secondary N) is 1. The fourth-order valence-electron chi connectivity index (χ4n) is 2.48. The zero-order valence-corrected chi connectivity index (χ0v) is 11.9. The molecule has 0 atom stereocenters. The van der Waals surface area contributed by atoms with Gasteiger partial charge in [-0.25, -0.2) is 0 Å². The van der Waals surface area contributed by atoms with Gasteiger partial charge in [-0.15, -0.1) is 0 Å². The molecule has 0 radical (unpaired) electrons. The van der Waals surface area contributed by atoms with Crippen LogP contribution in [-0.2, 0) is 0 Å². The Balaban J connectivity index is 2.13. The van der Waals surface area contributed by atoms with E-state index in [-0.39, 0.29) is 0 Å². The van der Waals surface area contributed by atoms with Crippen LogP contribution in [0, 0.1) is 6.92 Å². The summed E-state index contributed by atoms with van der Waals surface area (Å²) in [6.07, 6.45) is 0. The first-order valence-electron chi connectivity index (χ1n) is 6.53. The molecular formula is C17H17NO2. The van der Waals surface area contributed by atoms with Crippen LogP contribution in [-0.4, -0.2) is 19.2 Å². The molecule has 0 aliphatic carbocycles. The number of rotatable bonds is 3. The van der Waals surface area contributed by atoms with Gasteiger partial charge in [0.1, 0.15) is 11.5 Å². The van der Waals surface area contributed by atoms with Gasteiger partial charge in [0.05, 0.1) is 14.2 Å². The molecule has 0 unspecified atom stereocenters. The Labute approximate surface area is 118 Å². The number of hydrogen-bond donors (Lipinski definition) is 1. The van der Waals surface area contributed by atoms with Crippen LogP contribution in [0.2, 0.25) is 0 Å². The molecule has 0 aliphatic rings. The molecule has 0 spiro atoms. The minimum atomic E-state index is 0.865. The van der Waals surface area contributed by atoms with Gasteiger partial charge in [-0.3, -0.25) is 0 Å². The number of H-pyrrole nitrogens is 1. The van der Waals surface area contributed by atoms with Gasteiger partial charge < -0.3 is 14.5 Å². The predicted octanol–water partition coefficient (Wildman–Crippen LogP) is 4.16. The average molecular weight is 267 g/mol. The first-order valence-corrected chi connectivity index (χ1v) is 6.53. The molecule has 0 fully saturated rings. The quantitative estimate of drug-likeness (QED) is 0.773. The van der Waals surface area contributed by atoms with Crippen LogP contribution in [0.4, 0.5) is 0 Å². The van der Waals surface area contributed by atoms with E-state index >= 15 is 0 Å². The molecule has 3 rings (SSSR count). The van der Waals surface area contributed by atoms with Gasteiger partial charge >= 0.3 is 0 Å². The second-order valence-electron chi connectivity index (χ2n) is 4.77. The molecule has 0 saturated carbocycles. The lowest BCUT2D eigenvalue weighted by Gasteiger charge is -2.03. The summed E-state index contributed by atoms with van der Waals surface area (Å²) < 4.78 is 10.5. The first-order chi connectivity index (χ1) is 9.72. The second-order valence-corrected chi connectivity index (χ2v) is 4.77. The lowest BCUT2D eigenvalue weighted by molar-refractivity contribution is 0.415. The molecule has 2 aromatic carbocycles. The number of fused-ring (bicyclic) bond motifs is 1. The van der Waals surface area contributed by atoms with Gasteiger partial charge in [0.25, 0.3) is 0 Å². The van der Waals surface area contributed by atoms with E-state index in [1.807, 2.05) is 24.3 Å². The van der Waals surface area contributed by atoms with Crippen LogP contribution in [0.1, 0.15) is 5.56 Å². The molecule has 1 heterocycles. The molecule has 3 heteroatoms. The molecule has 102 valence electrons. The molecule has 0 saturated heterocycles. The predicted molar refractivity (Wildman–Crippen MR) is 81.6 cm³/mol. The fourth-order valence-corrected chi connectivity index (χ4v) is 2.48. The highest BCUT2D eigenvalue weighted by atomic mass is 16.5. The molecule has 20 heavy (non-hydrogen) atoms. The summed E-state index contributed by atoms with van der Waals surface area (Å²) in [6.45, 7) is 2.12. The lowest BCUT2D eigenvalue weighted by atomic mass is 10.1. The van der Waals surface area contributed by atoms with Crippen molar-refractivity contribution in [3.8, 4) is 22.8 Å². The zero-order chi connectivity index (χ0) is 14.1. The topological polar surface area (TPSA) is 34.2 Å². The van der Waals surface area contributed by atoms with Gasteiger partial charge in [0, 0.05) is 16.6 Å². The summed E-state index contributed by atoms with van der Waals surface area (Å²) in [4.78, 5) is 3.47. The van der Waals surface area contributed by atoms with E-state index in [9.17, 15) is 0 Å².